The summed E-state index contributed by atoms with van der Waals surface area (Å²) in [6.45, 7) is 4.00. The molecule has 0 rings (SSSR count). The average Bonchev–Trinajstić information content (AvgIpc) is 1.83. The zero-order valence-electron chi connectivity index (χ0n) is 5.95. The van der Waals surface area contributed by atoms with E-state index in [4.69, 9.17) is 0 Å². The van der Waals surface area contributed by atoms with E-state index < -0.39 is 6.43 Å². The van der Waals surface area contributed by atoms with Gasteiger partial charge in [0.05, 0.1) is 0 Å². The van der Waals surface area contributed by atoms with Crippen LogP contribution in [0.15, 0.2) is 0 Å². The Bertz CT molecular complexity index is 61.9. The predicted molar refractivity (Wildman–Crippen MR) is 34.1 cm³/mol. The summed E-state index contributed by atoms with van der Waals surface area (Å²) in [7, 11) is 0. The maximum atomic E-state index is 11.4. The molecule has 0 aliphatic rings. The van der Waals surface area contributed by atoms with Gasteiger partial charge in [-0.2, -0.15) is 8.78 Å². The van der Waals surface area contributed by atoms with Crippen molar-refractivity contribution in [3.8, 4) is 0 Å². The highest BCUT2D eigenvalue weighted by atomic mass is 19.3. The fourth-order valence-electron chi connectivity index (χ4n) is 0.560. The van der Waals surface area contributed by atoms with Gasteiger partial charge in [0, 0.05) is 6.42 Å². The standard InChI is InChI=1S/C7H13F2/c1-3-6(2)4-5-7(8)9/h6H,3-5H2,1-2H3. The van der Waals surface area contributed by atoms with Crippen LogP contribution in [0.3, 0.4) is 0 Å². The van der Waals surface area contributed by atoms with Crippen molar-refractivity contribution in [2.45, 2.75) is 33.1 Å². The molecule has 1 atom stereocenters. The lowest BCUT2D eigenvalue weighted by molar-refractivity contribution is 0.254. The first-order valence-electron chi connectivity index (χ1n) is 3.33. The van der Waals surface area contributed by atoms with Crippen molar-refractivity contribution >= 4 is 0 Å². The molecule has 0 saturated heterocycles. The largest absolute Gasteiger partial charge is 0.310 e. The summed E-state index contributed by atoms with van der Waals surface area (Å²) in [4.78, 5) is 0. The molecule has 0 aromatic carbocycles. The van der Waals surface area contributed by atoms with Crippen molar-refractivity contribution in [2.75, 3.05) is 0 Å². The smallest absolute Gasteiger partial charge is 0.200 e. The second-order valence-corrected chi connectivity index (χ2v) is 2.39. The van der Waals surface area contributed by atoms with E-state index in [1.165, 1.54) is 0 Å². The van der Waals surface area contributed by atoms with Crippen molar-refractivity contribution < 1.29 is 8.78 Å². The van der Waals surface area contributed by atoms with Crippen LogP contribution in [0.1, 0.15) is 33.1 Å². The highest BCUT2D eigenvalue weighted by Gasteiger charge is 2.06. The van der Waals surface area contributed by atoms with Gasteiger partial charge in [0.15, 0.2) is 0 Å². The molecular formula is C7H13F2. The first kappa shape index (κ1) is 8.86. The Labute approximate surface area is 55.3 Å². The molecule has 55 valence electrons. The molecule has 0 N–H and O–H groups in total. The normalized spacial score (nSPS) is 14.3. The van der Waals surface area contributed by atoms with Crippen LogP contribution >= 0.6 is 0 Å². The second kappa shape index (κ2) is 4.71. The Morgan fingerprint density at radius 2 is 2.00 bits per heavy atom. The summed E-state index contributed by atoms with van der Waals surface area (Å²) in [5.41, 5.74) is 0. The van der Waals surface area contributed by atoms with Crippen LogP contribution in [-0.2, 0) is 0 Å². The molecule has 0 nitrogen and oxygen atoms in total. The van der Waals surface area contributed by atoms with Crippen molar-refractivity contribution in [3.05, 3.63) is 6.43 Å². The molecule has 0 saturated carbocycles. The molecule has 1 radical (unpaired) electrons. The summed E-state index contributed by atoms with van der Waals surface area (Å²) in [6, 6.07) is 0. The van der Waals surface area contributed by atoms with Crippen LogP contribution in [0, 0.1) is 12.3 Å². The minimum absolute atomic E-state index is 0.0188. The highest BCUT2D eigenvalue weighted by molar-refractivity contribution is 4.61. The van der Waals surface area contributed by atoms with Gasteiger partial charge in [0.25, 0.3) is 0 Å². The van der Waals surface area contributed by atoms with Crippen molar-refractivity contribution in [1.29, 1.82) is 0 Å². The van der Waals surface area contributed by atoms with E-state index in [-0.39, 0.29) is 6.42 Å². The number of halogens is 2. The SMILES string of the molecule is CCC(C)CC[C](F)F. The van der Waals surface area contributed by atoms with Crippen LogP contribution in [0.25, 0.3) is 0 Å². The van der Waals surface area contributed by atoms with Crippen LogP contribution < -0.4 is 0 Å². The van der Waals surface area contributed by atoms with Gasteiger partial charge in [-0.25, -0.2) is 0 Å². The quantitative estimate of drug-likeness (QED) is 0.555. The summed E-state index contributed by atoms with van der Waals surface area (Å²) in [6.07, 6.45) is 0.163. The van der Waals surface area contributed by atoms with Gasteiger partial charge in [-0.05, 0) is 12.3 Å². The monoisotopic (exact) mass is 135 g/mol. The zero-order valence-corrected chi connectivity index (χ0v) is 5.95. The maximum Gasteiger partial charge on any atom is 0.310 e. The van der Waals surface area contributed by atoms with Gasteiger partial charge < -0.3 is 0 Å². The van der Waals surface area contributed by atoms with Crippen LogP contribution in [0.5, 0.6) is 0 Å². The number of rotatable bonds is 4. The highest BCUT2D eigenvalue weighted by Crippen LogP contribution is 2.17. The molecule has 2 heteroatoms. The summed E-state index contributed by atoms with van der Waals surface area (Å²) >= 11 is 0. The minimum Gasteiger partial charge on any atom is -0.200 e. The molecule has 0 aromatic rings. The molecule has 0 bridgehead atoms. The third kappa shape index (κ3) is 5.74. The van der Waals surface area contributed by atoms with Crippen LogP contribution in [0.2, 0.25) is 0 Å². The van der Waals surface area contributed by atoms with E-state index in [0.717, 1.165) is 6.42 Å². The first-order chi connectivity index (χ1) is 4.16. The minimum atomic E-state index is -1.43. The summed E-state index contributed by atoms with van der Waals surface area (Å²) in [5, 5.41) is 0. The Hall–Kier alpha value is -0.140. The summed E-state index contributed by atoms with van der Waals surface area (Å²) < 4.78 is 22.9. The van der Waals surface area contributed by atoms with E-state index >= 15 is 0 Å². The average molecular weight is 135 g/mol. The Balaban J connectivity index is 3.06. The Morgan fingerprint density at radius 3 is 2.33 bits per heavy atom. The topological polar surface area (TPSA) is 0 Å². The molecule has 0 aliphatic heterocycles. The van der Waals surface area contributed by atoms with Gasteiger partial charge >= 0.3 is 6.43 Å². The molecule has 9 heavy (non-hydrogen) atoms. The van der Waals surface area contributed by atoms with Gasteiger partial charge in [0.1, 0.15) is 0 Å². The Morgan fingerprint density at radius 1 is 1.44 bits per heavy atom. The van der Waals surface area contributed by atoms with E-state index in [1.54, 1.807) is 0 Å². The van der Waals surface area contributed by atoms with Gasteiger partial charge in [0.2, 0.25) is 0 Å². The molecule has 0 spiro atoms. The van der Waals surface area contributed by atoms with Gasteiger partial charge in [-0.15, -0.1) is 0 Å². The third-order valence-electron chi connectivity index (χ3n) is 1.52. The van der Waals surface area contributed by atoms with Crippen molar-refractivity contribution in [3.63, 3.8) is 0 Å². The second-order valence-electron chi connectivity index (χ2n) is 2.39. The van der Waals surface area contributed by atoms with Crippen molar-refractivity contribution in [1.82, 2.24) is 0 Å². The fraction of sp³-hybridized carbons (Fsp3) is 0.857. The van der Waals surface area contributed by atoms with Crippen LogP contribution in [-0.4, -0.2) is 0 Å². The van der Waals surface area contributed by atoms with Gasteiger partial charge in [-0.3, -0.25) is 0 Å². The first-order valence-corrected chi connectivity index (χ1v) is 3.33. The molecular weight excluding hydrogens is 122 g/mol. The van der Waals surface area contributed by atoms with E-state index in [2.05, 4.69) is 0 Å². The van der Waals surface area contributed by atoms with Crippen LogP contribution in [0.4, 0.5) is 8.78 Å². The van der Waals surface area contributed by atoms with E-state index in [0.29, 0.717) is 12.3 Å². The molecule has 0 aromatic heterocycles. The van der Waals surface area contributed by atoms with E-state index in [9.17, 15) is 8.78 Å². The van der Waals surface area contributed by atoms with E-state index in [1.807, 2.05) is 13.8 Å². The molecule has 0 heterocycles. The lowest BCUT2D eigenvalue weighted by atomic mass is 10.0. The lowest BCUT2D eigenvalue weighted by Crippen LogP contribution is -1.92. The van der Waals surface area contributed by atoms with Gasteiger partial charge in [-0.1, -0.05) is 20.3 Å². The van der Waals surface area contributed by atoms with Crippen molar-refractivity contribution in [2.24, 2.45) is 5.92 Å². The zero-order chi connectivity index (χ0) is 7.28. The number of hydrogen-bond acceptors (Lipinski definition) is 0. The summed E-state index contributed by atoms with van der Waals surface area (Å²) in [5.74, 6) is 0.437. The fourth-order valence-corrected chi connectivity index (χ4v) is 0.560. The maximum absolute atomic E-state index is 11.4. The molecule has 0 amide bonds. The Kier molecular flexibility index (Phi) is 4.64. The number of hydrogen-bond donors (Lipinski definition) is 0. The predicted octanol–water partition coefficient (Wildman–Crippen LogP) is 3.24. The molecule has 0 aliphatic carbocycles. The lowest BCUT2D eigenvalue weighted by Gasteiger charge is -2.04. The molecule has 0 fully saturated rings. The molecule has 1 unspecified atom stereocenters. The third-order valence-corrected chi connectivity index (χ3v) is 1.52.